The van der Waals surface area contributed by atoms with Crippen molar-refractivity contribution < 1.29 is 32.2 Å². The highest BCUT2D eigenvalue weighted by Crippen LogP contribution is 2.34. The van der Waals surface area contributed by atoms with E-state index < -0.39 is 23.6 Å². The van der Waals surface area contributed by atoms with Crippen molar-refractivity contribution in [1.82, 2.24) is 9.97 Å². The van der Waals surface area contributed by atoms with E-state index in [1.165, 1.54) is 35.9 Å². The number of hydrogen-bond donors (Lipinski definition) is 1. The molecule has 4 aromatic rings. The summed E-state index contributed by atoms with van der Waals surface area (Å²) in [6.45, 7) is 2.06. The van der Waals surface area contributed by atoms with E-state index in [9.17, 15) is 23.1 Å². The SMILES string of the molecule is Cc1nc(-c2ccc(C(F)(F)F)cc2)sc1COc1ccc([C@H](CC(=O)O)c2ncco2)cc1. The van der Waals surface area contributed by atoms with E-state index in [1.54, 1.807) is 24.3 Å². The summed E-state index contributed by atoms with van der Waals surface area (Å²) in [7, 11) is 0. The van der Waals surface area contributed by atoms with E-state index in [0.717, 1.165) is 28.3 Å². The van der Waals surface area contributed by atoms with E-state index >= 15 is 0 Å². The van der Waals surface area contributed by atoms with Gasteiger partial charge in [-0.2, -0.15) is 13.2 Å². The van der Waals surface area contributed by atoms with Crippen LogP contribution in [0.3, 0.4) is 0 Å². The molecule has 0 spiro atoms. The normalized spacial score (nSPS) is 12.5. The molecule has 0 amide bonds. The van der Waals surface area contributed by atoms with Gasteiger partial charge in [0.2, 0.25) is 5.89 Å². The second kappa shape index (κ2) is 9.68. The quantitative estimate of drug-likeness (QED) is 0.313. The van der Waals surface area contributed by atoms with Crippen LogP contribution in [-0.4, -0.2) is 21.0 Å². The first kappa shape index (κ1) is 23.5. The number of benzene rings is 2. The Balaban J connectivity index is 1.44. The number of ether oxygens (including phenoxy) is 1. The maximum absolute atomic E-state index is 12.8. The van der Waals surface area contributed by atoms with Gasteiger partial charge in [0.25, 0.3) is 0 Å². The summed E-state index contributed by atoms with van der Waals surface area (Å²) in [6.07, 6.45) is -1.67. The predicted molar refractivity (Wildman–Crippen MR) is 119 cm³/mol. The molecule has 34 heavy (non-hydrogen) atoms. The zero-order valence-corrected chi connectivity index (χ0v) is 18.7. The Morgan fingerprint density at radius 3 is 2.44 bits per heavy atom. The zero-order chi connectivity index (χ0) is 24.3. The van der Waals surface area contributed by atoms with Crippen molar-refractivity contribution in [2.75, 3.05) is 0 Å². The molecule has 2 aromatic heterocycles. The molecular formula is C24H19F3N2O4S. The third-order valence-electron chi connectivity index (χ3n) is 5.13. The summed E-state index contributed by atoms with van der Waals surface area (Å²) in [5.74, 6) is -0.578. The van der Waals surface area contributed by atoms with E-state index in [1.807, 2.05) is 6.92 Å². The molecule has 10 heteroatoms. The number of aromatic nitrogens is 2. The van der Waals surface area contributed by atoms with Gasteiger partial charge in [-0.3, -0.25) is 4.79 Å². The van der Waals surface area contributed by atoms with Gasteiger partial charge in [-0.1, -0.05) is 24.3 Å². The number of nitrogens with zero attached hydrogens (tertiary/aromatic N) is 2. The summed E-state index contributed by atoms with van der Waals surface area (Å²) in [5, 5.41) is 9.83. The van der Waals surface area contributed by atoms with Crippen LogP contribution < -0.4 is 4.74 Å². The van der Waals surface area contributed by atoms with Crippen molar-refractivity contribution in [2.45, 2.75) is 32.0 Å². The van der Waals surface area contributed by atoms with Crippen LogP contribution in [0.5, 0.6) is 5.75 Å². The largest absolute Gasteiger partial charge is 0.488 e. The minimum absolute atomic E-state index is 0.159. The highest BCUT2D eigenvalue weighted by molar-refractivity contribution is 7.15. The van der Waals surface area contributed by atoms with E-state index in [4.69, 9.17) is 9.15 Å². The number of thiazole rings is 1. The standard InChI is InChI=1S/C24H19F3N2O4S/c1-14-20(34-23(29-14)16-2-6-17(7-3-16)24(25,26)27)13-33-18-8-4-15(5-9-18)19(12-21(30)31)22-28-10-11-32-22/h2-11,19H,12-13H2,1H3,(H,30,31)/t19-/m0/s1. The fraction of sp³-hybridized carbons (Fsp3) is 0.208. The Morgan fingerprint density at radius 2 is 1.85 bits per heavy atom. The molecule has 2 heterocycles. The second-order valence-corrected chi connectivity index (χ2v) is 8.56. The van der Waals surface area contributed by atoms with Gasteiger partial charge in [-0.15, -0.1) is 11.3 Å². The average Bonchev–Trinajstić information content (AvgIpc) is 3.46. The minimum atomic E-state index is -4.38. The summed E-state index contributed by atoms with van der Waals surface area (Å²) in [4.78, 5) is 20.6. The van der Waals surface area contributed by atoms with Gasteiger partial charge in [0.15, 0.2) is 0 Å². The third-order valence-corrected chi connectivity index (χ3v) is 6.31. The Hall–Kier alpha value is -3.66. The number of hydrogen-bond acceptors (Lipinski definition) is 6. The van der Waals surface area contributed by atoms with Crippen molar-refractivity contribution in [3.63, 3.8) is 0 Å². The number of aryl methyl sites for hydroxylation is 1. The smallest absolute Gasteiger partial charge is 0.416 e. The molecule has 0 unspecified atom stereocenters. The molecule has 1 atom stereocenters. The molecule has 0 fully saturated rings. The van der Waals surface area contributed by atoms with Gasteiger partial charge in [0.1, 0.15) is 23.6 Å². The number of halogens is 3. The molecule has 0 radical (unpaired) electrons. The van der Waals surface area contributed by atoms with Crippen LogP contribution in [-0.2, 0) is 17.6 Å². The Morgan fingerprint density at radius 1 is 1.15 bits per heavy atom. The van der Waals surface area contributed by atoms with Crippen LogP contribution in [0.15, 0.2) is 65.4 Å². The number of carbonyl (C=O) groups is 1. The molecule has 1 N–H and O–H groups in total. The van der Waals surface area contributed by atoms with E-state index in [-0.39, 0.29) is 13.0 Å². The zero-order valence-electron chi connectivity index (χ0n) is 17.9. The molecule has 0 bridgehead atoms. The Bertz CT molecular complexity index is 1250. The van der Waals surface area contributed by atoms with Gasteiger partial charge in [0.05, 0.1) is 34.7 Å². The molecule has 176 valence electrons. The summed E-state index contributed by atoms with van der Waals surface area (Å²) in [5.41, 5.74) is 1.37. The van der Waals surface area contributed by atoms with Gasteiger partial charge in [0, 0.05) is 5.56 Å². The fourth-order valence-corrected chi connectivity index (χ4v) is 4.34. The van der Waals surface area contributed by atoms with Crippen LogP contribution >= 0.6 is 11.3 Å². The predicted octanol–water partition coefficient (Wildman–Crippen LogP) is 6.31. The van der Waals surface area contributed by atoms with Crippen LogP contribution in [0.2, 0.25) is 0 Å². The molecule has 0 aliphatic rings. The lowest BCUT2D eigenvalue weighted by molar-refractivity contribution is -0.138. The van der Waals surface area contributed by atoms with Crippen LogP contribution in [0.25, 0.3) is 10.6 Å². The molecule has 0 aliphatic heterocycles. The Labute approximate surface area is 196 Å². The van der Waals surface area contributed by atoms with E-state index in [0.29, 0.717) is 22.2 Å². The first-order valence-corrected chi connectivity index (χ1v) is 11.0. The molecular weight excluding hydrogens is 469 g/mol. The summed E-state index contributed by atoms with van der Waals surface area (Å²) < 4.78 is 49.5. The number of rotatable bonds is 8. The first-order valence-electron chi connectivity index (χ1n) is 10.2. The number of alkyl halides is 3. The fourth-order valence-electron chi connectivity index (χ4n) is 3.36. The lowest BCUT2D eigenvalue weighted by Crippen LogP contribution is -2.08. The molecule has 0 aliphatic carbocycles. The van der Waals surface area contributed by atoms with Crippen molar-refractivity contribution in [1.29, 1.82) is 0 Å². The number of carboxylic acid groups (broad SMARTS) is 1. The average molecular weight is 488 g/mol. The lowest BCUT2D eigenvalue weighted by atomic mass is 9.95. The molecule has 6 nitrogen and oxygen atoms in total. The van der Waals surface area contributed by atoms with Crippen molar-refractivity contribution in [3.8, 4) is 16.3 Å². The highest BCUT2D eigenvalue weighted by Gasteiger charge is 2.30. The maximum Gasteiger partial charge on any atom is 0.416 e. The molecule has 0 saturated carbocycles. The first-order chi connectivity index (χ1) is 16.2. The Kier molecular flexibility index (Phi) is 6.69. The summed E-state index contributed by atoms with van der Waals surface area (Å²) in [6, 6.07) is 11.9. The number of carboxylic acids is 1. The van der Waals surface area contributed by atoms with Gasteiger partial charge >= 0.3 is 12.1 Å². The topological polar surface area (TPSA) is 85.5 Å². The van der Waals surface area contributed by atoms with Gasteiger partial charge in [-0.05, 0) is 36.8 Å². The number of aliphatic carboxylic acids is 1. The highest BCUT2D eigenvalue weighted by atomic mass is 32.1. The van der Waals surface area contributed by atoms with E-state index in [2.05, 4.69) is 9.97 Å². The van der Waals surface area contributed by atoms with Crippen LogP contribution in [0.4, 0.5) is 13.2 Å². The third kappa shape index (κ3) is 5.45. The van der Waals surface area contributed by atoms with Gasteiger partial charge in [-0.25, -0.2) is 9.97 Å². The second-order valence-electron chi connectivity index (χ2n) is 7.48. The minimum Gasteiger partial charge on any atom is -0.488 e. The summed E-state index contributed by atoms with van der Waals surface area (Å²) >= 11 is 1.36. The molecule has 2 aromatic carbocycles. The van der Waals surface area contributed by atoms with Gasteiger partial charge < -0.3 is 14.3 Å². The van der Waals surface area contributed by atoms with Crippen molar-refractivity contribution >= 4 is 17.3 Å². The van der Waals surface area contributed by atoms with Crippen molar-refractivity contribution in [2.24, 2.45) is 0 Å². The number of oxazole rings is 1. The monoisotopic (exact) mass is 488 g/mol. The van der Waals surface area contributed by atoms with Crippen LogP contribution in [0.1, 0.15) is 39.9 Å². The molecule has 4 rings (SSSR count). The van der Waals surface area contributed by atoms with Crippen LogP contribution in [0, 0.1) is 6.92 Å². The molecule has 0 saturated heterocycles. The lowest BCUT2D eigenvalue weighted by Gasteiger charge is -2.12. The van der Waals surface area contributed by atoms with Crippen molar-refractivity contribution in [3.05, 3.63) is 88.6 Å². The maximum atomic E-state index is 12.8.